The Hall–Kier alpha value is -0.690. The number of rotatable bonds is 5. The van der Waals surface area contributed by atoms with Gasteiger partial charge in [0.1, 0.15) is 4.47 Å². The Morgan fingerprint density at radius 2 is 2.40 bits per heavy atom. The van der Waals surface area contributed by atoms with Crippen LogP contribution >= 0.6 is 15.9 Å². The molecule has 1 aromatic heterocycles. The summed E-state index contributed by atoms with van der Waals surface area (Å²) in [6, 6.07) is 0. The predicted molar refractivity (Wildman–Crippen MR) is 64.6 cm³/mol. The van der Waals surface area contributed by atoms with E-state index < -0.39 is 10.8 Å². The molecule has 0 aliphatic heterocycles. The summed E-state index contributed by atoms with van der Waals surface area (Å²) >= 11 is 3.15. The quantitative estimate of drug-likeness (QED) is 0.784. The number of H-pyrrole nitrogens is 1. The molecule has 0 aromatic carbocycles. The Morgan fingerprint density at radius 1 is 1.67 bits per heavy atom. The molecule has 7 heteroatoms. The summed E-state index contributed by atoms with van der Waals surface area (Å²) in [5.74, 6) is 0.654. The molecule has 5 nitrogen and oxygen atoms in total. The van der Waals surface area contributed by atoms with Crippen molar-refractivity contribution in [2.75, 3.05) is 23.9 Å². The zero-order valence-electron chi connectivity index (χ0n) is 8.25. The van der Waals surface area contributed by atoms with Gasteiger partial charge < -0.3 is 5.32 Å². The van der Waals surface area contributed by atoms with Crippen molar-refractivity contribution in [1.29, 1.82) is 0 Å². The minimum Gasteiger partial charge on any atom is -0.383 e. The summed E-state index contributed by atoms with van der Waals surface area (Å²) in [4.78, 5) is 11.1. The van der Waals surface area contributed by atoms with Crippen LogP contribution in [0.4, 0.5) is 5.69 Å². The van der Waals surface area contributed by atoms with Gasteiger partial charge in [-0.05, 0) is 22.4 Å². The third kappa shape index (κ3) is 4.13. The smallest absolute Gasteiger partial charge is 0.280 e. The zero-order chi connectivity index (χ0) is 11.3. The van der Waals surface area contributed by atoms with E-state index in [1.807, 2.05) is 0 Å². The lowest BCUT2D eigenvalue weighted by Crippen LogP contribution is -2.13. The first-order valence-electron chi connectivity index (χ1n) is 4.38. The molecule has 0 fully saturated rings. The fourth-order valence-electron chi connectivity index (χ4n) is 1.01. The van der Waals surface area contributed by atoms with Crippen molar-refractivity contribution in [1.82, 2.24) is 10.2 Å². The third-order valence-corrected chi connectivity index (χ3v) is 3.37. The first kappa shape index (κ1) is 12.4. The summed E-state index contributed by atoms with van der Waals surface area (Å²) in [5.41, 5.74) is 0.389. The SMILES string of the molecule is CS(=O)CCCNc1cn[nH]c(=O)c1Br. The topological polar surface area (TPSA) is 74.8 Å². The van der Waals surface area contributed by atoms with Gasteiger partial charge in [0.2, 0.25) is 0 Å². The van der Waals surface area contributed by atoms with Gasteiger partial charge in [0.25, 0.3) is 5.56 Å². The number of halogens is 1. The Balaban J connectivity index is 2.48. The van der Waals surface area contributed by atoms with Crippen LogP contribution in [0.15, 0.2) is 15.5 Å². The van der Waals surface area contributed by atoms with E-state index in [-0.39, 0.29) is 5.56 Å². The fourth-order valence-corrected chi connectivity index (χ4v) is 1.89. The van der Waals surface area contributed by atoms with E-state index in [0.717, 1.165) is 6.42 Å². The first-order chi connectivity index (χ1) is 7.11. The Bertz CT molecular complexity index is 407. The maximum Gasteiger partial charge on any atom is 0.280 e. The molecule has 1 atom stereocenters. The van der Waals surface area contributed by atoms with Gasteiger partial charge in [-0.25, -0.2) is 5.10 Å². The van der Waals surface area contributed by atoms with Crippen LogP contribution in [0.3, 0.4) is 0 Å². The van der Waals surface area contributed by atoms with Crippen LogP contribution in [-0.4, -0.2) is 33.0 Å². The van der Waals surface area contributed by atoms with Gasteiger partial charge in [-0.1, -0.05) is 0 Å². The third-order valence-electron chi connectivity index (χ3n) is 1.72. The molecular weight excluding hydrogens is 282 g/mol. The van der Waals surface area contributed by atoms with Crippen LogP contribution in [0.2, 0.25) is 0 Å². The summed E-state index contributed by atoms with van der Waals surface area (Å²) in [6.07, 6.45) is 4.00. The molecule has 0 aliphatic carbocycles. The highest BCUT2D eigenvalue weighted by Gasteiger charge is 2.02. The highest BCUT2D eigenvalue weighted by molar-refractivity contribution is 9.10. The summed E-state index contributed by atoms with van der Waals surface area (Å²) in [6.45, 7) is 0.670. The number of aromatic nitrogens is 2. The molecule has 0 radical (unpaired) electrons. The van der Waals surface area contributed by atoms with Crippen LogP contribution in [-0.2, 0) is 10.8 Å². The Labute approximate surface area is 98.3 Å². The van der Waals surface area contributed by atoms with Gasteiger partial charge >= 0.3 is 0 Å². The van der Waals surface area contributed by atoms with Crippen LogP contribution < -0.4 is 10.9 Å². The van der Waals surface area contributed by atoms with Crippen molar-refractivity contribution < 1.29 is 4.21 Å². The van der Waals surface area contributed by atoms with E-state index in [1.165, 1.54) is 6.20 Å². The monoisotopic (exact) mass is 293 g/mol. The van der Waals surface area contributed by atoms with E-state index in [2.05, 4.69) is 31.4 Å². The maximum absolute atomic E-state index is 11.1. The predicted octanol–water partition coefficient (Wildman–Crippen LogP) is 0.713. The van der Waals surface area contributed by atoms with Crippen molar-refractivity contribution in [2.24, 2.45) is 0 Å². The summed E-state index contributed by atoms with van der Waals surface area (Å²) < 4.78 is 11.2. The molecule has 0 amide bonds. The van der Waals surface area contributed by atoms with E-state index in [1.54, 1.807) is 6.26 Å². The lowest BCUT2D eigenvalue weighted by Gasteiger charge is -2.05. The van der Waals surface area contributed by atoms with Crippen LogP contribution in [0.5, 0.6) is 0 Å². The molecule has 0 saturated heterocycles. The maximum atomic E-state index is 11.1. The number of nitrogens with one attached hydrogen (secondary N) is 2. The van der Waals surface area contributed by atoms with Crippen molar-refractivity contribution in [3.05, 3.63) is 21.0 Å². The molecular formula is C8H12BrN3O2S. The second kappa shape index (κ2) is 6.02. The van der Waals surface area contributed by atoms with E-state index in [4.69, 9.17) is 0 Å². The number of hydrogen-bond donors (Lipinski definition) is 2. The standard InChI is InChI=1S/C8H12BrN3O2S/c1-15(14)4-2-3-10-6-5-11-12-8(13)7(6)9/h5H,2-4H2,1H3,(H2,10,12,13). The molecule has 1 aromatic rings. The second-order valence-corrected chi connectivity index (χ2v) is 5.33. The molecule has 84 valence electrons. The van der Waals surface area contributed by atoms with Gasteiger partial charge in [-0.15, -0.1) is 0 Å². The summed E-state index contributed by atoms with van der Waals surface area (Å²) in [5, 5.41) is 9.02. The summed E-state index contributed by atoms with van der Waals surface area (Å²) in [7, 11) is -0.768. The van der Waals surface area contributed by atoms with Crippen LogP contribution in [0.25, 0.3) is 0 Å². The molecule has 15 heavy (non-hydrogen) atoms. The van der Waals surface area contributed by atoms with E-state index in [0.29, 0.717) is 22.5 Å². The fraction of sp³-hybridized carbons (Fsp3) is 0.500. The zero-order valence-corrected chi connectivity index (χ0v) is 10.7. The van der Waals surface area contributed by atoms with Crippen molar-refractivity contribution >= 4 is 32.4 Å². The minimum atomic E-state index is -0.768. The van der Waals surface area contributed by atoms with Gasteiger partial charge in [-0.2, -0.15) is 5.10 Å². The molecule has 1 rings (SSSR count). The van der Waals surface area contributed by atoms with Crippen LogP contribution in [0, 0.1) is 0 Å². The van der Waals surface area contributed by atoms with Gasteiger partial charge in [0.05, 0.1) is 11.9 Å². The second-order valence-electron chi connectivity index (χ2n) is 2.98. The average molecular weight is 294 g/mol. The van der Waals surface area contributed by atoms with Crippen LogP contribution in [0.1, 0.15) is 6.42 Å². The first-order valence-corrected chi connectivity index (χ1v) is 6.90. The van der Waals surface area contributed by atoms with Crippen molar-refractivity contribution in [2.45, 2.75) is 6.42 Å². The minimum absolute atomic E-state index is 0.265. The molecule has 0 aliphatic rings. The average Bonchev–Trinajstić information content (AvgIpc) is 2.18. The van der Waals surface area contributed by atoms with E-state index in [9.17, 15) is 9.00 Å². The normalized spacial score (nSPS) is 12.4. The molecule has 2 N–H and O–H groups in total. The number of nitrogens with zero attached hydrogens (tertiary/aromatic N) is 1. The largest absolute Gasteiger partial charge is 0.383 e. The van der Waals surface area contributed by atoms with E-state index >= 15 is 0 Å². The molecule has 0 saturated carbocycles. The van der Waals surface area contributed by atoms with Crippen molar-refractivity contribution in [3.8, 4) is 0 Å². The van der Waals surface area contributed by atoms with Gasteiger partial charge in [-0.3, -0.25) is 9.00 Å². The number of hydrogen-bond acceptors (Lipinski definition) is 4. The number of aromatic amines is 1. The van der Waals surface area contributed by atoms with Gasteiger partial charge in [0.15, 0.2) is 0 Å². The Morgan fingerprint density at radius 3 is 3.07 bits per heavy atom. The Kier molecular flexibility index (Phi) is 4.97. The van der Waals surface area contributed by atoms with Gasteiger partial charge in [0, 0.05) is 29.4 Å². The highest BCUT2D eigenvalue weighted by atomic mass is 79.9. The molecule has 1 unspecified atom stereocenters. The molecule has 0 spiro atoms. The molecule has 0 bridgehead atoms. The lowest BCUT2D eigenvalue weighted by atomic mass is 10.4. The van der Waals surface area contributed by atoms with Crippen molar-refractivity contribution in [3.63, 3.8) is 0 Å². The highest BCUT2D eigenvalue weighted by Crippen LogP contribution is 2.14. The lowest BCUT2D eigenvalue weighted by molar-refractivity contribution is 0.685. The number of anilines is 1. The molecule has 1 heterocycles.